The molecule has 0 radical (unpaired) electrons. The average Bonchev–Trinajstić information content (AvgIpc) is 2.79. The molecular formula is C21H31N3O5S. The van der Waals surface area contributed by atoms with E-state index < -0.39 is 16.1 Å². The van der Waals surface area contributed by atoms with Gasteiger partial charge in [-0.1, -0.05) is 19.3 Å². The molecule has 166 valence electrons. The number of piperidine rings is 1. The second kappa shape index (κ2) is 9.78. The van der Waals surface area contributed by atoms with Crippen molar-refractivity contribution in [1.82, 2.24) is 9.21 Å². The molecule has 0 aromatic heterocycles. The summed E-state index contributed by atoms with van der Waals surface area (Å²) >= 11 is 0. The van der Waals surface area contributed by atoms with Crippen molar-refractivity contribution in [3.63, 3.8) is 0 Å². The average molecular weight is 438 g/mol. The summed E-state index contributed by atoms with van der Waals surface area (Å²) < 4.78 is 32.2. The highest BCUT2D eigenvalue weighted by Crippen LogP contribution is 2.28. The number of carbonyl (C=O) groups is 2. The Balaban J connectivity index is 1.67. The summed E-state index contributed by atoms with van der Waals surface area (Å²) in [6.45, 7) is 0.613. The van der Waals surface area contributed by atoms with Crippen molar-refractivity contribution in [2.24, 2.45) is 5.92 Å². The van der Waals surface area contributed by atoms with Gasteiger partial charge in [0.25, 0.3) is 0 Å². The monoisotopic (exact) mass is 437 g/mol. The van der Waals surface area contributed by atoms with Crippen LogP contribution in [0.15, 0.2) is 29.2 Å². The second-order valence-corrected chi connectivity index (χ2v) is 10.0. The first-order chi connectivity index (χ1) is 14.3. The standard InChI is InChI=1S/C21H31N3O5S/c1-23(18-8-4-3-5-9-18)20(25)16-7-6-14-24(15-16)30(27,28)19-12-10-17(11-13-19)22-21(26)29-2/h10-13,16,18H,3-9,14-15H2,1-2H3,(H,22,26). The van der Waals surface area contributed by atoms with Gasteiger partial charge in [0.15, 0.2) is 0 Å². The van der Waals surface area contributed by atoms with Gasteiger partial charge in [0.05, 0.1) is 17.9 Å². The van der Waals surface area contributed by atoms with E-state index in [9.17, 15) is 18.0 Å². The van der Waals surface area contributed by atoms with Crippen molar-refractivity contribution in [2.75, 3.05) is 32.6 Å². The minimum Gasteiger partial charge on any atom is -0.453 e. The van der Waals surface area contributed by atoms with Gasteiger partial charge in [0.1, 0.15) is 0 Å². The summed E-state index contributed by atoms with van der Waals surface area (Å²) in [5.41, 5.74) is 0.446. The van der Waals surface area contributed by atoms with Crippen molar-refractivity contribution >= 4 is 27.7 Å². The molecule has 8 nitrogen and oxygen atoms in total. The van der Waals surface area contributed by atoms with Crippen molar-refractivity contribution in [2.45, 2.75) is 55.9 Å². The minimum absolute atomic E-state index is 0.0550. The molecule has 3 rings (SSSR count). The number of carbonyl (C=O) groups excluding carboxylic acids is 2. The third-order valence-corrected chi connectivity index (χ3v) is 8.01. The van der Waals surface area contributed by atoms with Crippen LogP contribution in [0.5, 0.6) is 0 Å². The van der Waals surface area contributed by atoms with E-state index in [4.69, 9.17) is 0 Å². The quantitative estimate of drug-likeness (QED) is 0.764. The van der Waals surface area contributed by atoms with Crippen LogP contribution in [0, 0.1) is 5.92 Å². The third-order valence-electron chi connectivity index (χ3n) is 6.13. The molecule has 1 N–H and O–H groups in total. The van der Waals surface area contributed by atoms with E-state index in [1.165, 1.54) is 42.1 Å². The van der Waals surface area contributed by atoms with Crippen LogP contribution in [0.2, 0.25) is 0 Å². The lowest BCUT2D eigenvalue weighted by atomic mass is 9.92. The zero-order valence-electron chi connectivity index (χ0n) is 17.7. The Morgan fingerprint density at radius 3 is 2.37 bits per heavy atom. The van der Waals surface area contributed by atoms with Crippen LogP contribution < -0.4 is 5.32 Å². The van der Waals surface area contributed by atoms with E-state index in [1.54, 1.807) is 0 Å². The molecule has 1 aromatic rings. The van der Waals surface area contributed by atoms with Crippen LogP contribution in [0.3, 0.4) is 0 Å². The Kier molecular flexibility index (Phi) is 7.36. The topological polar surface area (TPSA) is 96.0 Å². The maximum absolute atomic E-state index is 13.1. The molecule has 9 heteroatoms. The van der Waals surface area contributed by atoms with Crippen LogP contribution in [0.25, 0.3) is 0 Å². The molecule has 30 heavy (non-hydrogen) atoms. The summed E-state index contributed by atoms with van der Waals surface area (Å²) in [5.74, 6) is -0.250. The van der Waals surface area contributed by atoms with Gasteiger partial charge < -0.3 is 9.64 Å². The van der Waals surface area contributed by atoms with Gasteiger partial charge in [-0.2, -0.15) is 4.31 Å². The highest BCUT2D eigenvalue weighted by molar-refractivity contribution is 7.89. The van der Waals surface area contributed by atoms with E-state index in [0.717, 1.165) is 25.7 Å². The number of benzene rings is 1. The number of rotatable bonds is 5. The number of ether oxygens (including phenoxy) is 1. The Hall–Kier alpha value is -2.13. The van der Waals surface area contributed by atoms with Gasteiger partial charge in [-0.05, 0) is 49.9 Å². The van der Waals surface area contributed by atoms with Crippen LogP contribution in [0.1, 0.15) is 44.9 Å². The Bertz CT molecular complexity index is 850. The van der Waals surface area contributed by atoms with Gasteiger partial charge in [0, 0.05) is 31.9 Å². The SMILES string of the molecule is COC(=O)Nc1ccc(S(=O)(=O)N2CCCC(C(=O)N(C)C3CCCCC3)C2)cc1. The maximum atomic E-state index is 13.1. The smallest absolute Gasteiger partial charge is 0.411 e. The summed E-state index contributed by atoms with van der Waals surface area (Å²) in [4.78, 5) is 26.3. The molecule has 1 aliphatic heterocycles. The Morgan fingerprint density at radius 2 is 1.73 bits per heavy atom. The van der Waals surface area contributed by atoms with Gasteiger partial charge in [0.2, 0.25) is 15.9 Å². The molecule has 1 unspecified atom stereocenters. The zero-order valence-corrected chi connectivity index (χ0v) is 18.5. The predicted octanol–water partition coefficient (Wildman–Crippen LogP) is 3.06. The molecule has 2 fully saturated rings. The van der Waals surface area contributed by atoms with Gasteiger partial charge in [-0.25, -0.2) is 13.2 Å². The first-order valence-corrected chi connectivity index (χ1v) is 12.0. The van der Waals surface area contributed by atoms with Gasteiger partial charge >= 0.3 is 6.09 Å². The second-order valence-electron chi connectivity index (χ2n) is 8.08. The number of nitrogens with zero attached hydrogens (tertiary/aromatic N) is 2. The van der Waals surface area contributed by atoms with Crippen LogP contribution in [-0.4, -0.2) is 62.9 Å². The lowest BCUT2D eigenvalue weighted by Gasteiger charge is -2.37. The summed E-state index contributed by atoms with van der Waals surface area (Å²) in [7, 11) is -0.593. The van der Waals surface area contributed by atoms with Crippen molar-refractivity contribution in [3.05, 3.63) is 24.3 Å². The minimum atomic E-state index is -3.71. The summed E-state index contributed by atoms with van der Waals surface area (Å²) in [6, 6.07) is 6.23. The fourth-order valence-corrected chi connectivity index (χ4v) is 5.85. The predicted molar refractivity (Wildman–Crippen MR) is 114 cm³/mol. The van der Waals surface area contributed by atoms with Crippen LogP contribution in [-0.2, 0) is 19.6 Å². The number of methoxy groups -OCH3 is 1. The summed E-state index contributed by atoms with van der Waals surface area (Å²) in [6.07, 6.45) is 6.33. The van der Waals surface area contributed by atoms with Crippen LogP contribution >= 0.6 is 0 Å². The molecule has 1 atom stereocenters. The van der Waals surface area contributed by atoms with E-state index >= 15 is 0 Å². The molecule has 1 aliphatic carbocycles. The van der Waals surface area contributed by atoms with Gasteiger partial charge in [-0.3, -0.25) is 10.1 Å². The zero-order chi connectivity index (χ0) is 21.7. The number of amides is 2. The molecule has 1 heterocycles. The van der Waals surface area contributed by atoms with Crippen molar-refractivity contribution in [1.29, 1.82) is 0 Å². The first kappa shape index (κ1) is 22.6. The van der Waals surface area contributed by atoms with Crippen LogP contribution in [0.4, 0.5) is 10.5 Å². The normalized spacial score (nSPS) is 21.1. The first-order valence-electron chi connectivity index (χ1n) is 10.5. The molecule has 0 bridgehead atoms. The van der Waals surface area contributed by atoms with Crippen molar-refractivity contribution < 1.29 is 22.7 Å². The highest BCUT2D eigenvalue weighted by Gasteiger charge is 2.36. The maximum Gasteiger partial charge on any atom is 0.411 e. The third kappa shape index (κ3) is 5.13. The fraction of sp³-hybridized carbons (Fsp3) is 0.619. The molecule has 1 saturated carbocycles. The van der Waals surface area contributed by atoms with E-state index in [0.29, 0.717) is 25.1 Å². The summed E-state index contributed by atoms with van der Waals surface area (Å²) in [5, 5.41) is 2.50. The molecule has 0 spiro atoms. The number of nitrogens with one attached hydrogen (secondary N) is 1. The molecule has 1 aromatic carbocycles. The van der Waals surface area contributed by atoms with Crippen molar-refractivity contribution in [3.8, 4) is 0 Å². The molecule has 1 saturated heterocycles. The number of hydrogen-bond donors (Lipinski definition) is 1. The van der Waals surface area contributed by atoms with Gasteiger partial charge in [-0.15, -0.1) is 0 Å². The van der Waals surface area contributed by atoms with E-state index in [-0.39, 0.29) is 29.3 Å². The molecule has 2 aliphatic rings. The lowest BCUT2D eigenvalue weighted by Crippen LogP contribution is -2.48. The Morgan fingerprint density at radius 1 is 1.07 bits per heavy atom. The van der Waals surface area contributed by atoms with E-state index in [1.807, 2.05) is 11.9 Å². The molecule has 2 amide bonds. The number of anilines is 1. The Labute approximate surface area is 178 Å². The van der Waals surface area contributed by atoms with E-state index in [2.05, 4.69) is 10.1 Å². The molecular weight excluding hydrogens is 406 g/mol. The fourth-order valence-electron chi connectivity index (χ4n) is 4.33. The highest BCUT2D eigenvalue weighted by atomic mass is 32.2. The largest absolute Gasteiger partial charge is 0.453 e. The lowest BCUT2D eigenvalue weighted by molar-refractivity contribution is -0.138. The number of hydrogen-bond acceptors (Lipinski definition) is 5. The number of sulfonamides is 1.